The largest absolute Gasteiger partial charge is 0.481 e. The van der Waals surface area contributed by atoms with Crippen molar-refractivity contribution in [1.29, 1.82) is 0 Å². The zero-order valence-electron chi connectivity index (χ0n) is 13.5. The van der Waals surface area contributed by atoms with Crippen LogP contribution in [0.2, 0.25) is 0 Å². The quantitative estimate of drug-likeness (QED) is 0.821. The van der Waals surface area contributed by atoms with Gasteiger partial charge >= 0.3 is 5.97 Å². The summed E-state index contributed by atoms with van der Waals surface area (Å²) >= 11 is 0. The number of hydrogen-bond acceptors (Lipinski definition) is 3. The number of amides is 2. The predicted molar refractivity (Wildman–Crippen MR) is 78.6 cm³/mol. The van der Waals surface area contributed by atoms with Crippen LogP contribution in [0.25, 0.3) is 0 Å². The van der Waals surface area contributed by atoms with E-state index >= 15 is 0 Å². The Morgan fingerprint density at radius 3 is 2.29 bits per heavy atom. The molecule has 6 heteroatoms. The Morgan fingerprint density at radius 1 is 1.24 bits per heavy atom. The van der Waals surface area contributed by atoms with E-state index < -0.39 is 23.3 Å². The topological polar surface area (TPSA) is 86.7 Å². The fourth-order valence-corrected chi connectivity index (χ4v) is 2.34. The van der Waals surface area contributed by atoms with Crippen LogP contribution < -0.4 is 5.32 Å². The summed E-state index contributed by atoms with van der Waals surface area (Å²) in [5, 5.41) is 11.8. The Balaban J connectivity index is 2.72. The highest BCUT2D eigenvalue weighted by Gasteiger charge is 2.35. The SMILES string of the molecule is CC(NC(=O)C(C)(C)C)C(=O)N1CC(C(=O)O)CCC1C. The van der Waals surface area contributed by atoms with E-state index in [0.717, 1.165) is 0 Å². The summed E-state index contributed by atoms with van der Waals surface area (Å²) in [5.74, 6) is -1.80. The van der Waals surface area contributed by atoms with Crippen LogP contribution in [0.5, 0.6) is 0 Å². The average molecular weight is 298 g/mol. The van der Waals surface area contributed by atoms with Gasteiger partial charge in [0.15, 0.2) is 0 Å². The second kappa shape index (κ2) is 6.45. The van der Waals surface area contributed by atoms with Crippen LogP contribution in [0.1, 0.15) is 47.5 Å². The Morgan fingerprint density at radius 2 is 1.81 bits per heavy atom. The summed E-state index contributed by atoms with van der Waals surface area (Å²) in [4.78, 5) is 37.1. The van der Waals surface area contributed by atoms with Gasteiger partial charge in [-0.2, -0.15) is 0 Å². The third-order valence-corrected chi connectivity index (χ3v) is 3.91. The number of likely N-dealkylation sites (tertiary alicyclic amines) is 1. The van der Waals surface area contributed by atoms with E-state index in [1.165, 1.54) is 0 Å². The molecule has 1 saturated heterocycles. The monoisotopic (exact) mass is 298 g/mol. The van der Waals surface area contributed by atoms with Gasteiger partial charge in [0, 0.05) is 18.0 Å². The minimum Gasteiger partial charge on any atom is -0.481 e. The summed E-state index contributed by atoms with van der Waals surface area (Å²) in [7, 11) is 0. The zero-order valence-corrected chi connectivity index (χ0v) is 13.5. The van der Waals surface area contributed by atoms with Crippen molar-refractivity contribution in [2.24, 2.45) is 11.3 Å². The Labute approximate surface area is 125 Å². The smallest absolute Gasteiger partial charge is 0.308 e. The minimum absolute atomic E-state index is 0.00193. The number of aliphatic carboxylic acids is 1. The fourth-order valence-electron chi connectivity index (χ4n) is 2.34. The lowest BCUT2D eigenvalue weighted by Crippen LogP contribution is -2.55. The molecule has 3 atom stereocenters. The molecule has 2 amide bonds. The highest BCUT2D eigenvalue weighted by Crippen LogP contribution is 2.23. The number of nitrogens with zero attached hydrogens (tertiary/aromatic N) is 1. The van der Waals surface area contributed by atoms with Gasteiger partial charge in [0.1, 0.15) is 6.04 Å². The van der Waals surface area contributed by atoms with Crippen molar-refractivity contribution in [2.45, 2.75) is 59.5 Å². The third-order valence-electron chi connectivity index (χ3n) is 3.91. The number of hydrogen-bond donors (Lipinski definition) is 2. The molecule has 1 aliphatic heterocycles. The molecule has 21 heavy (non-hydrogen) atoms. The maximum atomic E-state index is 12.5. The Hall–Kier alpha value is -1.59. The summed E-state index contributed by atoms with van der Waals surface area (Å²) in [6.07, 6.45) is 1.26. The molecule has 0 bridgehead atoms. The molecule has 0 aromatic carbocycles. The molecule has 2 N–H and O–H groups in total. The normalized spacial score (nSPS) is 24.3. The van der Waals surface area contributed by atoms with Crippen molar-refractivity contribution < 1.29 is 19.5 Å². The van der Waals surface area contributed by atoms with E-state index in [-0.39, 0.29) is 24.4 Å². The lowest BCUT2D eigenvalue weighted by molar-refractivity contribution is -0.148. The first kappa shape index (κ1) is 17.5. The van der Waals surface area contributed by atoms with E-state index in [4.69, 9.17) is 5.11 Å². The molecule has 0 saturated carbocycles. The third kappa shape index (κ3) is 4.44. The van der Waals surface area contributed by atoms with E-state index in [0.29, 0.717) is 12.8 Å². The van der Waals surface area contributed by atoms with Crippen LogP contribution in [0.4, 0.5) is 0 Å². The maximum Gasteiger partial charge on any atom is 0.308 e. The first-order valence-corrected chi connectivity index (χ1v) is 7.38. The first-order chi connectivity index (χ1) is 9.54. The number of carbonyl (C=O) groups is 3. The van der Waals surface area contributed by atoms with Gasteiger partial charge in [0.25, 0.3) is 0 Å². The Bertz CT molecular complexity index is 428. The van der Waals surface area contributed by atoms with Crippen molar-refractivity contribution >= 4 is 17.8 Å². The van der Waals surface area contributed by atoms with E-state index in [9.17, 15) is 14.4 Å². The highest BCUT2D eigenvalue weighted by atomic mass is 16.4. The molecule has 0 spiro atoms. The van der Waals surface area contributed by atoms with Gasteiger partial charge in [0.05, 0.1) is 5.92 Å². The second-order valence-electron chi connectivity index (χ2n) is 6.90. The second-order valence-corrected chi connectivity index (χ2v) is 6.90. The molecule has 1 rings (SSSR count). The lowest BCUT2D eigenvalue weighted by atomic mass is 9.92. The van der Waals surface area contributed by atoms with Gasteiger partial charge in [-0.1, -0.05) is 20.8 Å². The van der Waals surface area contributed by atoms with Crippen LogP contribution in [-0.4, -0.2) is 46.4 Å². The van der Waals surface area contributed by atoms with E-state index in [2.05, 4.69) is 5.32 Å². The van der Waals surface area contributed by atoms with Crippen molar-refractivity contribution in [3.05, 3.63) is 0 Å². The average Bonchev–Trinajstić information content (AvgIpc) is 2.36. The van der Waals surface area contributed by atoms with Crippen LogP contribution in [0, 0.1) is 11.3 Å². The van der Waals surface area contributed by atoms with Crippen LogP contribution >= 0.6 is 0 Å². The van der Waals surface area contributed by atoms with Crippen LogP contribution in [-0.2, 0) is 14.4 Å². The fraction of sp³-hybridized carbons (Fsp3) is 0.800. The van der Waals surface area contributed by atoms with Crippen molar-refractivity contribution in [2.75, 3.05) is 6.54 Å². The molecule has 0 aliphatic carbocycles. The maximum absolute atomic E-state index is 12.5. The van der Waals surface area contributed by atoms with E-state index in [1.54, 1.807) is 32.6 Å². The lowest BCUT2D eigenvalue weighted by Gasteiger charge is -2.38. The standard InChI is InChI=1S/C15H26N2O4/c1-9-6-7-11(13(19)20)8-17(9)12(18)10(2)16-14(21)15(3,4)5/h9-11H,6-8H2,1-5H3,(H,16,21)(H,19,20). The van der Waals surface area contributed by atoms with Gasteiger partial charge in [-0.25, -0.2) is 0 Å². The number of nitrogens with one attached hydrogen (secondary N) is 1. The molecule has 1 heterocycles. The molecule has 0 aromatic rings. The molecule has 1 fully saturated rings. The number of rotatable bonds is 3. The summed E-state index contributed by atoms with van der Waals surface area (Å²) in [5.41, 5.74) is -0.564. The zero-order chi connectivity index (χ0) is 16.4. The summed E-state index contributed by atoms with van der Waals surface area (Å²) < 4.78 is 0. The summed E-state index contributed by atoms with van der Waals surface area (Å²) in [6.45, 7) is 9.11. The molecular weight excluding hydrogens is 272 g/mol. The minimum atomic E-state index is -0.869. The number of carboxylic acid groups (broad SMARTS) is 1. The van der Waals surface area contributed by atoms with Gasteiger partial charge in [-0.3, -0.25) is 14.4 Å². The molecule has 0 aromatic heterocycles. The number of piperidine rings is 1. The van der Waals surface area contributed by atoms with Gasteiger partial charge < -0.3 is 15.3 Å². The number of carbonyl (C=O) groups excluding carboxylic acids is 2. The highest BCUT2D eigenvalue weighted by molar-refractivity contribution is 5.89. The molecule has 1 aliphatic rings. The molecule has 120 valence electrons. The van der Waals surface area contributed by atoms with Gasteiger partial charge in [-0.05, 0) is 26.7 Å². The molecule has 6 nitrogen and oxygen atoms in total. The van der Waals surface area contributed by atoms with Crippen LogP contribution in [0.3, 0.4) is 0 Å². The molecule has 0 radical (unpaired) electrons. The predicted octanol–water partition coefficient (Wildman–Crippen LogP) is 1.25. The number of carboxylic acids is 1. The van der Waals surface area contributed by atoms with Gasteiger partial charge in [0.2, 0.25) is 11.8 Å². The summed E-state index contributed by atoms with van der Waals surface area (Å²) in [6, 6.07) is -0.645. The van der Waals surface area contributed by atoms with Crippen LogP contribution in [0.15, 0.2) is 0 Å². The van der Waals surface area contributed by atoms with Gasteiger partial charge in [-0.15, -0.1) is 0 Å². The van der Waals surface area contributed by atoms with Crippen molar-refractivity contribution in [1.82, 2.24) is 10.2 Å². The van der Waals surface area contributed by atoms with Crippen molar-refractivity contribution in [3.63, 3.8) is 0 Å². The Kier molecular flexibility index (Phi) is 5.36. The molecular formula is C15H26N2O4. The first-order valence-electron chi connectivity index (χ1n) is 7.38. The van der Waals surface area contributed by atoms with E-state index in [1.807, 2.05) is 6.92 Å². The molecule has 3 unspecified atom stereocenters. The van der Waals surface area contributed by atoms with Crippen molar-refractivity contribution in [3.8, 4) is 0 Å².